The second kappa shape index (κ2) is 7.93. The summed E-state index contributed by atoms with van der Waals surface area (Å²) < 4.78 is 5.73. The third kappa shape index (κ3) is 4.32. The molecule has 3 amide bonds. The van der Waals surface area contributed by atoms with Crippen LogP contribution < -0.4 is 10.6 Å². The highest BCUT2D eigenvalue weighted by atomic mass is 32.2. The molecule has 2 N–H and O–H groups in total. The lowest BCUT2D eigenvalue weighted by Crippen LogP contribution is -2.61. The van der Waals surface area contributed by atoms with Crippen molar-refractivity contribution >= 4 is 23.7 Å². The first kappa shape index (κ1) is 19.4. The molecule has 0 saturated heterocycles. The molecule has 29 heavy (non-hydrogen) atoms. The predicted octanol–water partition coefficient (Wildman–Crippen LogP) is 4.00. The summed E-state index contributed by atoms with van der Waals surface area (Å²) in [6, 6.07) is -0.356. The third-order valence-electron chi connectivity index (χ3n) is 7.37. The van der Waals surface area contributed by atoms with Crippen molar-refractivity contribution in [3.63, 3.8) is 0 Å². The van der Waals surface area contributed by atoms with Crippen LogP contribution in [0.4, 0.5) is 4.79 Å². The molecule has 5 saturated carbocycles. The molecule has 1 aromatic heterocycles. The minimum absolute atomic E-state index is 0.0896. The first-order chi connectivity index (χ1) is 14.1. The molecular weight excluding hydrogens is 388 g/mol. The number of carbonyl (C=O) groups is 2. The zero-order valence-electron chi connectivity index (χ0n) is 16.8. The molecule has 0 atom stereocenters. The number of carbonyl (C=O) groups excluding carboxylic acids is 2. The fraction of sp³-hybridized carbons (Fsp3) is 0.810. The van der Waals surface area contributed by atoms with Gasteiger partial charge in [-0.3, -0.25) is 10.1 Å². The van der Waals surface area contributed by atoms with Crippen LogP contribution in [-0.2, 0) is 4.79 Å². The lowest BCUT2D eigenvalue weighted by molar-refractivity contribution is -0.117. The fourth-order valence-corrected chi connectivity index (χ4v) is 7.19. The van der Waals surface area contributed by atoms with Gasteiger partial charge in [0.15, 0.2) is 0 Å². The largest absolute Gasteiger partial charge is 0.416 e. The highest BCUT2D eigenvalue weighted by Gasteiger charge is 2.51. The number of nitrogens with zero attached hydrogens (tertiary/aromatic N) is 2. The molecule has 1 heterocycles. The van der Waals surface area contributed by atoms with Crippen LogP contribution in [0.15, 0.2) is 9.64 Å². The van der Waals surface area contributed by atoms with E-state index in [1.54, 1.807) is 0 Å². The van der Waals surface area contributed by atoms with Gasteiger partial charge >= 0.3 is 6.03 Å². The van der Waals surface area contributed by atoms with Crippen LogP contribution in [0.5, 0.6) is 0 Å². The molecule has 5 aliphatic rings. The molecule has 158 valence electrons. The maximum atomic E-state index is 12.5. The van der Waals surface area contributed by atoms with Crippen molar-refractivity contribution in [3.8, 4) is 0 Å². The maximum Gasteiger partial charge on any atom is 0.321 e. The van der Waals surface area contributed by atoms with Crippen LogP contribution in [0.25, 0.3) is 0 Å². The van der Waals surface area contributed by atoms with Gasteiger partial charge in [0, 0.05) is 11.5 Å². The molecular formula is C21H30N4O3S. The molecule has 4 bridgehead atoms. The van der Waals surface area contributed by atoms with E-state index in [0.717, 1.165) is 49.9 Å². The highest BCUT2D eigenvalue weighted by Crippen LogP contribution is 2.55. The Labute approximate surface area is 175 Å². The molecule has 0 aliphatic heterocycles. The Balaban J connectivity index is 1.09. The van der Waals surface area contributed by atoms with Crippen LogP contribution in [0, 0.1) is 17.8 Å². The maximum absolute atomic E-state index is 12.5. The number of hydrogen-bond acceptors (Lipinski definition) is 6. The van der Waals surface area contributed by atoms with Crippen molar-refractivity contribution in [3.05, 3.63) is 5.89 Å². The molecule has 1 aromatic rings. The number of rotatable bonds is 5. The number of urea groups is 1. The standard InChI is InChI=1S/C21H30N4O3S/c26-17(12-29-20-25-24-18(28-20)16-4-2-1-3-5-16)22-19(27)23-21-9-13-6-14(10-21)8-15(7-13)11-21/h13-16H,1-12H2,(H2,22,23,26,27). The topological polar surface area (TPSA) is 97.1 Å². The van der Waals surface area contributed by atoms with Crippen molar-refractivity contribution in [1.82, 2.24) is 20.8 Å². The van der Waals surface area contributed by atoms with Gasteiger partial charge < -0.3 is 9.73 Å². The van der Waals surface area contributed by atoms with Crippen LogP contribution in [0.2, 0.25) is 0 Å². The van der Waals surface area contributed by atoms with Crippen molar-refractivity contribution in [2.24, 2.45) is 17.8 Å². The van der Waals surface area contributed by atoms with E-state index in [9.17, 15) is 9.59 Å². The van der Waals surface area contributed by atoms with Gasteiger partial charge in [0.25, 0.3) is 5.22 Å². The summed E-state index contributed by atoms with van der Waals surface area (Å²) in [7, 11) is 0. The summed E-state index contributed by atoms with van der Waals surface area (Å²) in [5.41, 5.74) is -0.0896. The molecule has 0 spiro atoms. The molecule has 6 rings (SSSR count). The number of imide groups is 1. The smallest absolute Gasteiger partial charge is 0.321 e. The molecule has 5 fully saturated rings. The van der Waals surface area contributed by atoms with E-state index in [4.69, 9.17) is 4.42 Å². The van der Waals surface area contributed by atoms with Gasteiger partial charge in [0.2, 0.25) is 11.8 Å². The van der Waals surface area contributed by atoms with Crippen molar-refractivity contribution in [1.29, 1.82) is 0 Å². The minimum atomic E-state index is -0.356. The number of amides is 3. The lowest BCUT2D eigenvalue weighted by atomic mass is 9.53. The summed E-state index contributed by atoms with van der Waals surface area (Å²) in [5, 5.41) is 14.3. The molecule has 7 nitrogen and oxygen atoms in total. The van der Waals surface area contributed by atoms with Crippen LogP contribution in [-0.4, -0.2) is 33.4 Å². The van der Waals surface area contributed by atoms with Crippen molar-refractivity contribution in [2.75, 3.05) is 5.75 Å². The Morgan fingerprint density at radius 1 is 1.00 bits per heavy atom. The zero-order valence-corrected chi connectivity index (χ0v) is 17.6. The average Bonchev–Trinajstić information content (AvgIpc) is 3.14. The Morgan fingerprint density at radius 3 is 2.31 bits per heavy atom. The van der Waals surface area contributed by atoms with E-state index in [2.05, 4.69) is 20.8 Å². The SMILES string of the molecule is O=C(CSc1nnc(C2CCCCC2)o1)NC(=O)NC12CC3CC(CC(C3)C1)C2. The van der Waals surface area contributed by atoms with E-state index in [0.29, 0.717) is 17.0 Å². The predicted molar refractivity (Wildman–Crippen MR) is 108 cm³/mol. The Morgan fingerprint density at radius 2 is 1.66 bits per heavy atom. The fourth-order valence-electron chi connectivity index (χ4n) is 6.62. The second-order valence-corrected chi connectivity index (χ2v) is 10.7. The van der Waals surface area contributed by atoms with Crippen LogP contribution in [0.1, 0.15) is 82.4 Å². The third-order valence-corrected chi connectivity index (χ3v) is 8.19. The highest BCUT2D eigenvalue weighted by molar-refractivity contribution is 7.99. The number of thioether (sulfide) groups is 1. The number of nitrogens with one attached hydrogen (secondary N) is 2. The number of hydrogen-bond donors (Lipinski definition) is 2. The van der Waals surface area contributed by atoms with E-state index in [1.807, 2.05) is 0 Å². The van der Waals surface area contributed by atoms with Crippen molar-refractivity contribution in [2.45, 2.75) is 87.3 Å². The molecule has 0 unspecified atom stereocenters. The first-order valence-corrected chi connectivity index (χ1v) is 12.1. The van der Waals surface area contributed by atoms with Crippen LogP contribution in [0.3, 0.4) is 0 Å². The molecule has 0 aromatic carbocycles. The summed E-state index contributed by atoms with van der Waals surface area (Å²) in [6.07, 6.45) is 13.1. The minimum Gasteiger partial charge on any atom is -0.416 e. The Hall–Kier alpha value is -1.57. The zero-order chi connectivity index (χ0) is 19.8. The average molecular weight is 419 g/mol. The molecule has 8 heteroatoms. The summed E-state index contributed by atoms with van der Waals surface area (Å²) in [4.78, 5) is 24.7. The van der Waals surface area contributed by atoms with E-state index >= 15 is 0 Å². The van der Waals surface area contributed by atoms with Gasteiger partial charge in [-0.15, -0.1) is 10.2 Å². The molecule has 5 aliphatic carbocycles. The van der Waals surface area contributed by atoms with E-state index in [1.165, 1.54) is 50.3 Å². The van der Waals surface area contributed by atoms with Crippen LogP contribution >= 0.6 is 11.8 Å². The van der Waals surface area contributed by atoms with Gasteiger partial charge in [0.05, 0.1) is 5.75 Å². The quantitative estimate of drug-likeness (QED) is 0.702. The Kier molecular flexibility index (Phi) is 5.30. The first-order valence-electron chi connectivity index (χ1n) is 11.2. The second-order valence-electron chi connectivity index (χ2n) is 9.73. The van der Waals surface area contributed by atoms with Gasteiger partial charge in [-0.1, -0.05) is 31.0 Å². The van der Waals surface area contributed by atoms with E-state index < -0.39 is 0 Å². The summed E-state index contributed by atoms with van der Waals surface area (Å²) in [6.45, 7) is 0. The normalized spacial score (nSPS) is 33.6. The monoisotopic (exact) mass is 418 g/mol. The van der Waals surface area contributed by atoms with Gasteiger partial charge in [-0.2, -0.15) is 0 Å². The Bertz CT molecular complexity index is 738. The van der Waals surface area contributed by atoms with Gasteiger partial charge in [-0.25, -0.2) is 4.79 Å². The molecule has 0 radical (unpaired) electrons. The van der Waals surface area contributed by atoms with Gasteiger partial charge in [-0.05, 0) is 69.1 Å². The lowest BCUT2D eigenvalue weighted by Gasteiger charge is -2.56. The summed E-state index contributed by atoms with van der Waals surface area (Å²) in [5.74, 6) is 3.07. The summed E-state index contributed by atoms with van der Waals surface area (Å²) >= 11 is 1.19. The number of aromatic nitrogens is 2. The van der Waals surface area contributed by atoms with Gasteiger partial charge in [0.1, 0.15) is 0 Å². The van der Waals surface area contributed by atoms with Crippen molar-refractivity contribution < 1.29 is 14.0 Å². The van der Waals surface area contributed by atoms with E-state index in [-0.39, 0.29) is 23.2 Å².